The summed E-state index contributed by atoms with van der Waals surface area (Å²) in [6.07, 6.45) is 2.58. The van der Waals surface area contributed by atoms with Crippen LogP contribution in [0.15, 0.2) is 73.1 Å². The van der Waals surface area contributed by atoms with Gasteiger partial charge in [0.2, 0.25) is 5.78 Å². The van der Waals surface area contributed by atoms with Gasteiger partial charge in [-0.1, -0.05) is 56.3 Å². The fraction of sp³-hybridized carbons (Fsp3) is 0.241. The predicted octanol–water partition coefficient (Wildman–Crippen LogP) is 2.95. The van der Waals surface area contributed by atoms with Gasteiger partial charge in [-0.25, -0.2) is 0 Å². The van der Waals surface area contributed by atoms with E-state index in [9.17, 15) is 19.2 Å². The molecular formula is C29H29N5O4. The Labute approximate surface area is 219 Å². The number of Topliss-reactive ketones (excluding diaryl/α,β-unsaturated/α-hetero) is 3. The number of benzene rings is 2. The number of aromatic nitrogens is 2. The highest BCUT2D eigenvalue weighted by atomic mass is 16.2. The summed E-state index contributed by atoms with van der Waals surface area (Å²) in [6, 6.07) is 16.4. The standard InChI is InChI=1S/C29H29N5O4/c1-17(2)15-22(34-28(38)26-20-10-4-3-7-18(20)12-14-33-26)23(35)16-24(36)29(30,31)27(37)21-11-5-8-19-9-6-13-32-25(19)21/h3-14,17,22H,15-16,30-31H2,1-2H3,(H,34,38)/t22-/m0/s1. The van der Waals surface area contributed by atoms with E-state index in [-0.39, 0.29) is 23.6 Å². The van der Waals surface area contributed by atoms with Crippen molar-refractivity contribution in [3.8, 4) is 0 Å². The number of hydrogen-bond donors (Lipinski definition) is 3. The first-order chi connectivity index (χ1) is 18.1. The van der Waals surface area contributed by atoms with Crippen LogP contribution < -0.4 is 16.8 Å². The minimum Gasteiger partial charge on any atom is -0.341 e. The number of nitrogens with one attached hydrogen (secondary N) is 1. The van der Waals surface area contributed by atoms with Gasteiger partial charge in [-0.05, 0) is 35.9 Å². The molecule has 38 heavy (non-hydrogen) atoms. The second kappa shape index (κ2) is 11.0. The van der Waals surface area contributed by atoms with E-state index in [1.165, 1.54) is 18.5 Å². The minimum atomic E-state index is -2.45. The second-order valence-corrected chi connectivity index (χ2v) is 9.68. The number of rotatable bonds is 10. The molecule has 2 aromatic heterocycles. The van der Waals surface area contributed by atoms with Gasteiger partial charge in [0.05, 0.1) is 18.0 Å². The zero-order valence-electron chi connectivity index (χ0n) is 21.2. The Balaban J connectivity index is 1.54. The molecule has 0 aliphatic heterocycles. The molecule has 1 amide bonds. The molecule has 2 heterocycles. The summed E-state index contributed by atoms with van der Waals surface area (Å²) < 4.78 is 0. The molecule has 0 bridgehead atoms. The molecule has 9 heteroatoms. The first-order valence-electron chi connectivity index (χ1n) is 12.3. The van der Waals surface area contributed by atoms with E-state index in [1.807, 2.05) is 26.0 Å². The predicted molar refractivity (Wildman–Crippen MR) is 144 cm³/mol. The van der Waals surface area contributed by atoms with E-state index in [1.54, 1.807) is 42.5 Å². The summed E-state index contributed by atoms with van der Waals surface area (Å²) in [4.78, 5) is 61.1. The molecule has 5 N–H and O–H groups in total. The smallest absolute Gasteiger partial charge is 0.271 e. The van der Waals surface area contributed by atoms with Crippen LogP contribution in [-0.2, 0) is 9.59 Å². The lowest BCUT2D eigenvalue weighted by Gasteiger charge is -2.24. The van der Waals surface area contributed by atoms with Crippen molar-refractivity contribution in [2.75, 3.05) is 0 Å². The van der Waals surface area contributed by atoms with Gasteiger partial charge in [0.15, 0.2) is 17.2 Å². The Morgan fingerprint density at radius 2 is 1.58 bits per heavy atom. The maximum Gasteiger partial charge on any atom is 0.271 e. The first-order valence-corrected chi connectivity index (χ1v) is 12.3. The van der Waals surface area contributed by atoms with Crippen molar-refractivity contribution in [3.05, 3.63) is 84.3 Å². The molecule has 0 unspecified atom stereocenters. The van der Waals surface area contributed by atoms with Crippen LogP contribution in [0.3, 0.4) is 0 Å². The van der Waals surface area contributed by atoms with Gasteiger partial charge in [0.1, 0.15) is 5.69 Å². The van der Waals surface area contributed by atoms with Crippen LogP contribution in [-0.4, -0.2) is 44.9 Å². The van der Waals surface area contributed by atoms with E-state index < -0.39 is 41.4 Å². The Hall–Kier alpha value is -4.34. The molecular weight excluding hydrogens is 482 g/mol. The van der Waals surface area contributed by atoms with Crippen LogP contribution in [0.25, 0.3) is 21.7 Å². The lowest BCUT2D eigenvalue weighted by molar-refractivity contribution is -0.130. The van der Waals surface area contributed by atoms with E-state index in [0.29, 0.717) is 16.3 Å². The SMILES string of the molecule is CC(C)C[C@H](NC(=O)c1nccc2ccccc12)C(=O)CC(=O)C(N)(N)C(=O)c1cccc2cccnc12. The van der Waals surface area contributed by atoms with Gasteiger partial charge in [-0.3, -0.25) is 29.1 Å². The van der Waals surface area contributed by atoms with Crippen molar-refractivity contribution in [3.63, 3.8) is 0 Å². The van der Waals surface area contributed by atoms with Crippen molar-refractivity contribution >= 4 is 44.9 Å². The molecule has 0 saturated carbocycles. The van der Waals surface area contributed by atoms with Crippen molar-refractivity contribution in [2.24, 2.45) is 17.4 Å². The van der Waals surface area contributed by atoms with Gasteiger partial charge < -0.3 is 16.8 Å². The molecule has 0 radical (unpaired) electrons. The third-order valence-corrected chi connectivity index (χ3v) is 6.34. The average Bonchev–Trinajstić information content (AvgIpc) is 2.91. The summed E-state index contributed by atoms with van der Waals surface area (Å²) in [5, 5.41) is 4.86. The van der Waals surface area contributed by atoms with Crippen molar-refractivity contribution in [1.29, 1.82) is 0 Å². The molecule has 0 saturated heterocycles. The van der Waals surface area contributed by atoms with Crippen molar-refractivity contribution < 1.29 is 19.2 Å². The summed E-state index contributed by atoms with van der Waals surface area (Å²) in [5.41, 5.74) is 10.2. The van der Waals surface area contributed by atoms with Crippen molar-refractivity contribution in [1.82, 2.24) is 15.3 Å². The topological polar surface area (TPSA) is 158 Å². The molecule has 0 aliphatic rings. The molecule has 0 spiro atoms. The summed E-state index contributed by atoms with van der Waals surface area (Å²) in [7, 11) is 0. The average molecular weight is 512 g/mol. The maximum absolute atomic E-state index is 13.2. The highest BCUT2D eigenvalue weighted by Gasteiger charge is 2.41. The van der Waals surface area contributed by atoms with Crippen LogP contribution in [0, 0.1) is 5.92 Å². The van der Waals surface area contributed by atoms with Gasteiger partial charge in [0.25, 0.3) is 5.91 Å². The molecule has 1 atom stereocenters. The normalized spacial score (nSPS) is 12.4. The summed E-state index contributed by atoms with van der Waals surface area (Å²) in [5.74, 6) is -2.92. The number of carbonyl (C=O) groups excluding carboxylic acids is 4. The minimum absolute atomic E-state index is 0.0173. The number of amides is 1. The molecule has 9 nitrogen and oxygen atoms in total. The van der Waals surface area contributed by atoms with Crippen molar-refractivity contribution in [2.45, 2.75) is 38.4 Å². The molecule has 4 rings (SSSR count). The van der Waals surface area contributed by atoms with Crippen LogP contribution in [0.5, 0.6) is 0 Å². The largest absolute Gasteiger partial charge is 0.341 e. The highest BCUT2D eigenvalue weighted by molar-refractivity contribution is 6.24. The number of hydrogen-bond acceptors (Lipinski definition) is 8. The quantitative estimate of drug-likeness (QED) is 0.167. The number of nitrogens with two attached hydrogens (primary N) is 2. The molecule has 4 aromatic rings. The van der Waals surface area contributed by atoms with E-state index in [4.69, 9.17) is 11.5 Å². The summed E-state index contributed by atoms with van der Waals surface area (Å²) >= 11 is 0. The number of para-hydroxylation sites is 1. The molecule has 0 fully saturated rings. The highest BCUT2D eigenvalue weighted by Crippen LogP contribution is 2.21. The van der Waals surface area contributed by atoms with Gasteiger partial charge >= 0.3 is 0 Å². The number of fused-ring (bicyclic) bond motifs is 2. The first kappa shape index (κ1) is 26.7. The van der Waals surface area contributed by atoms with E-state index >= 15 is 0 Å². The summed E-state index contributed by atoms with van der Waals surface area (Å²) in [6.45, 7) is 3.77. The zero-order valence-corrected chi connectivity index (χ0v) is 21.2. The Morgan fingerprint density at radius 1 is 0.868 bits per heavy atom. The number of ketones is 3. The van der Waals surface area contributed by atoms with E-state index in [2.05, 4.69) is 15.3 Å². The van der Waals surface area contributed by atoms with Crippen LogP contribution >= 0.6 is 0 Å². The Bertz CT molecular complexity index is 1540. The van der Waals surface area contributed by atoms with Gasteiger partial charge in [-0.15, -0.1) is 0 Å². The number of pyridine rings is 2. The van der Waals surface area contributed by atoms with E-state index in [0.717, 1.165) is 5.39 Å². The van der Waals surface area contributed by atoms with Crippen LogP contribution in [0.4, 0.5) is 0 Å². The van der Waals surface area contributed by atoms with Gasteiger partial charge in [-0.2, -0.15) is 0 Å². The van der Waals surface area contributed by atoms with Crippen LogP contribution in [0.1, 0.15) is 47.5 Å². The molecule has 0 aliphatic carbocycles. The van der Waals surface area contributed by atoms with Crippen LogP contribution in [0.2, 0.25) is 0 Å². The Morgan fingerprint density at radius 3 is 2.34 bits per heavy atom. The fourth-order valence-corrected chi connectivity index (χ4v) is 4.33. The monoisotopic (exact) mass is 511 g/mol. The maximum atomic E-state index is 13.2. The Kier molecular flexibility index (Phi) is 7.70. The molecule has 194 valence electrons. The number of carbonyl (C=O) groups is 4. The second-order valence-electron chi connectivity index (χ2n) is 9.68. The number of nitrogens with zero attached hydrogens (tertiary/aromatic N) is 2. The zero-order chi connectivity index (χ0) is 27.4. The third kappa shape index (κ3) is 5.49. The van der Waals surface area contributed by atoms with Gasteiger partial charge in [0, 0.05) is 28.7 Å². The fourth-order valence-electron chi connectivity index (χ4n) is 4.33. The third-order valence-electron chi connectivity index (χ3n) is 6.34. The lowest BCUT2D eigenvalue weighted by atomic mass is 9.89. The lowest BCUT2D eigenvalue weighted by Crippen LogP contribution is -2.63. The molecule has 2 aromatic carbocycles.